The third-order valence-electron chi connectivity index (χ3n) is 4.99. The van der Waals surface area contributed by atoms with Crippen LogP contribution in [0.15, 0.2) is 51.8 Å². The summed E-state index contributed by atoms with van der Waals surface area (Å²) in [6, 6.07) is 13.0. The smallest absolute Gasteiger partial charge is 0.274 e. The maximum atomic E-state index is 6.38. The topological polar surface area (TPSA) is 18.5 Å². The van der Waals surface area contributed by atoms with Crippen molar-refractivity contribution in [1.82, 2.24) is 0 Å². The van der Waals surface area contributed by atoms with Crippen molar-refractivity contribution in [2.75, 3.05) is 0 Å². The molecule has 2 nitrogen and oxygen atoms in total. The van der Waals surface area contributed by atoms with Gasteiger partial charge < -0.3 is 9.16 Å². The molecule has 2 aromatic carbocycles. The van der Waals surface area contributed by atoms with Crippen molar-refractivity contribution in [3.63, 3.8) is 0 Å². The lowest BCUT2D eigenvalue weighted by atomic mass is 9.86. The average Bonchev–Trinajstić information content (AvgIpc) is 2.56. The molecule has 4 heteroatoms. The molecule has 0 saturated heterocycles. The van der Waals surface area contributed by atoms with E-state index in [4.69, 9.17) is 9.16 Å². The third kappa shape index (κ3) is 4.49. The third-order valence-corrected chi connectivity index (χ3v) is 6.63. The van der Waals surface area contributed by atoms with E-state index in [0.29, 0.717) is 0 Å². The summed E-state index contributed by atoms with van der Waals surface area (Å²) in [6.45, 7) is 17.5. The Hall–Kier alpha value is -1.65. The first-order chi connectivity index (χ1) is 13.0. The van der Waals surface area contributed by atoms with Crippen LogP contribution in [0, 0.1) is 0 Å². The number of rotatable bonds is 4. The number of hydrogen-bond donors (Lipinski definition) is 0. The molecule has 0 unspecified atom stereocenters. The van der Waals surface area contributed by atoms with E-state index in [9.17, 15) is 0 Å². The number of ether oxygens (including phenoxy) is 1. The van der Waals surface area contributed by atoms with Gasteiger partial charge in [0.15, 0.2) is 0 Å². The Morgan fingerprint density at radius 1 is 1.07 bits per heavy atom. The summed E-state index contributed by atoms with van der Waals surface area (Å²) in [4.78, 5) is 2.37. The van der Waals surface area contributed by atoms with Gasteiger partial charge in [-0.25, -0.2) is 0 Å². The zero-order chi connectivity index (χ0) is 20.7. The first kappa shape index (κ1) is 21.1. The molecule has 2 aromatic rings. The minimum absolute atomic E-state index is 0.0400. The fourth-order valence-electron chi connectivity index (χ4n) is 3.18. The van der Waals surface area contributed by atoms with Crippen LogP contribution >= 0.6 is 11.8 Å². The van der Waals surface area contributed by atoms with Gasteiger partial charge in [-0.1, -0.05) is 44.7 Å². The minimum Gasteiger partial charge on any atom is -0.542 e. The first-order valence-corrected chi connectivity index (χ1v) is 13.0. The Labute approximate surface area is 176 Å². The summed E-state index contributed by atoms with van der Waals surface area (Å²) in [5.41, 5.74) is 3.45. The van der Waals surface area contributed by atoms with Crippen LogP contribution in [-0.4, -0.2) is 14.6 Å². The first-order valence-electron chi connectivity index (χ1n) is 9.78. The molecule has 1 radical (unpaired) electrons. The molecule has 0 amide bonds. The van der Waals surface area contributed by atoms with Gasteiger partial charge in [0.25, 0.3) is 9.04 Å². The quantitative estimate of drug-likeness (QED) is 0.490. The number of para-hydroxylation sites is 1. The summed E-state index contributed by atoms with van der Waals surface area (Å²) < 4.78 is 12.6. The van der Waals surface area contributed by atoms with Crippen molar-refractivity contribution in [1.29, 1.82) is 0 Å². The van der Waals surface area contributed by atoms with Crippen LogP contribution in [0.1, 0.15) is 52.7 Å². The van der Waals surface area contributed by atoms with Gasteiger partial charge in [-0.15, -0.1) is 0 Å². The second-order valence-corrected chi connectivity index (χ2v) is 12.3. The summed E-state index contributed by atoms with van der Waals surface area (Å²) in [5, 5.41) is 0. The fraction of sp³-hybridized carbons (Fsp3) is 0.417. The van der Waals surface area contributed by atoms with Crippen molar-refractivity contribution in [3.8, 4) is 11.5 Å². The van der Waals surface area contributed by atoms with Gasteiger partial charge >= 0.3 is 0 Å². The molecule has 0 aromatic heterocycles. The maximum absolute atomic E-state index is 6.38. The van der Waals surface area contributed by atoms with E-state index in [-0.39, 0.29) is 11.0 Å². The van der Waals surface area contributed by atoms with E-state index in [2.05, 4.69) is 97.1 Å². The second-order valence-electron chi connectivity index (χ2n) is 9.13. The number of benzene rings is 2. The molecule has 0 N–H and O–H groups in total. The molecule has 0 aliphatic carbocycles. The predicted octanol–water partition coefficient (Wildman–Crippen LogP) is 7.34. The van der Waals surface area contributed by atoms with E-state index in [0.717, 1.165) is 17.1 Å². The van der Waals surface area contributed by atoms with Gasteiger partial charge in [-0.3, -0.25) is 0 Å². The summed E-state index contributed by atoms with van der Waals surface area (Å²) >= 11 is 1.77. The van der Waals surface area contributed by atoms with Crippen LogP contribution < -0.4 is 9.16 Å². The molecular formula is C24H31O2SSi. The van der Waals surface area contributed by atoms with Gasteiger partial charge in [-0.2, -0.15) is 0 Å². The van der Waals surface area contributed by atoms with Gasteiger partial charge in [0.05, 0.1) is 4.90 Å². The Morgan fingerprint density at radius 3 is 2.43 bits per heavy atom. The zero-order valence-corrected chi connectivity index (χ0v) is 20.1. The predicted molar refractivity (Wildman–Crippen MR) is 122 cm³/mol. The normalized spacial score (nSPS) is 15.7. The second kappa shape index (κ2) is 7.64. The Balaban J connectivity index is 1.99. The van der Waals surface area contributed by atoms with Crippen LogP contribution in [0.4, 0.5) is 0 Å². The molecule has 0 fully saturated rings. The van der Waals surface area contributed by atoms with Crippen molar-refractivity contribution < 1.29 is 9.16 Å². The van der Waals surface area contributed by atoms with Crippen LogP contribution in [0.3, 0.4) is 0 Å². The number of fused-ring (bicyclic) bond motifs is 1. The van der Waals surface area contributed by atoms with E-state index < -0.39 is 9.04 Å². The van der Waals surface area contributed by atoms with Crippen molar-refractivity contribution in [2.45, 2.75) is 75.4 Å². The monoisotopic (exact) mass is 411 g/mol. The molecule has 1 aliphatic heterocycles. The molecular weight excluding hydrogens is 380 g/mol. The molecule has 1 aliphatic rings. The lowest BCUT2D eigenvalue weighted by molar-refractivity contribution is 0.145. The lowest BCUT2D eigenvalue weighted by Crippen LogP contribution is -2.31. The summed E-state index contributed by atoms with van der Waals surface area (Å²) in [7, 11) is -0.859. The molecule has 149 valence electrons. The minimum atomic E-state index is -0.859. The van der Waals surface area contributed by atoms with E-state index in [1.807, 2.05) is 0 Å². The van der Waals surface area contributed by atoms with Crippen LogP contribution in [0.5, 0.6) is 11.5 Å². The Morgan fingerprint density at radius 2 is 1.79 bits per heavy atom. The molecule has 1 heterocycles. The average molecular weight is 412 g/mol. The van der Waals surface area contributed by atoms with E-state index in [1.165, 1.54) is 20.9 Å². The Kier molecular flexibility index (Phi) is 5.75. The van der Waals surface area contributed by atoms with E-state index in [1.54, 1.807) is 11.8 Å². The van der Waals surface area contributed by atoms with Gasteiger partial charge in [0.1, 0.15) is 17.1 Å². The standard InChI is InChI=1S/C24H31O2SSi/c1-16-14-17-15-18(12-13-20(17)25-24(16,5)6)27-21-11-9-10-19(23(2,3)4)22(21)26-28(7)8/h9-15H,1-8H3. The lowest BCUT2D eigenvalue weighted by Gasteiger charge is -2.32. The number of hydrogen-bond acceptors (Lipinski definition) is 3. The highest BCUT2D eigenvalue weighted by Gasteiger charge is 2.28. The van der Waals surface area contributed by atoms with E-state index >= 15 is 0 Å². The highest BCUT2D eigenvalue weighted by atomic mass is 32.2. The molecule has 0 spiro atoms. The van der Waals surface area contributed by atoms with Crippen LogP contribution in [0.2, 0.25) is 13.1 Å². The SMILES string of the molecule is CC1=Cc2cc(Sc3cccc(C(C)(C)C)c3O[Si](C)C)ccc2OC1(C)C. The highest BCUT2D eigenvalue weighted by Crippen LogP contribution is 2.44. The van der Waals surface area contributed by atoms with Gasteiger partial charge in [0, 0.05) is 10.5 Å². The van der Waals surface area contributed by atoms with Crippen LogP contribution in [-0.2, 0) is 5.41 Å². The molecule has 0 bridgehead atoms. The summed E-state index contributed by atoms with van der Waals surface area (Å²) in [6.07, 6.45) is 2.24. The van der Waals surface area contributed by atoms with Crippen molar-refractivity contribution >= 4 is 26.9 Å². The van der Waals surface area contributed by atoms with Gasteiger partial charge in [-0.05, 0) is 80.8 Å². The van der Waals surface area contributed by atoms with Crippen LogP contribution in [0.25, 0.3) is 6.08 Å². The fourth-order valence-corrected chi connectivity index (χ4v) is 4.85. The molecule has 3 rings (SSSR count). The maximum Gasteiger partial charge on any atom is 0.274 e. The molecule has 0 atom stereocenters. The van der Waals surface area contributed by atoms with Crippen molar-refractivity contribution in [2.24, 2.45) is 0 Å². The zero-order valence-electron chi connectivity index (χ0n) is 18.3. The van der Waals surface area contributed by atoms with Gasteiger partial charge in [0.2, 0.25) is 0 Å². The molecule has 28 heavy (non-hydrogen) atoms. The molecule has 0 saturated carbocycles. The largest absolute Gasteiger partial charge is 0.542 e. The van der Waals surface area contributed by atoms with Crippen molar-refractivity contribution in [3.05, 3.63) is 53.1 Å². The summed E-state index contributed by atoms with van der Waals surface area (Å²) in [5.74, 6) is 1.99. The Bertz CT molecular complexity index is 907. The highest BCUT2D eigenvalue weighted by molar-refractivity contribution is 7.99.